The van der Waals surface area contributed by atoms with Gasteiger partial charge in [0.05, 0.1) is 26.1 Å². The number of hydrogen-bond donors (Lipinski definition) is 1. The molecule has 2 atom stereocenters. The molecule has 156 valence electrons. The number of imidazole rings is 1. The molecule has 1 amide bonds. The molecule has 2 aliphatic rings. The summed E-state index contributed by atoms with van der Waals surface area (Å²) in [6.07, 6.45) is 6.34. The average molecular weight is 400 g/mol. The summed E-state index contributed by atoms with van der Waals surface area (Å²) >= 11 is 0. The lowest BCUT2D eigenvalue weighted by Crippen LogP contribution is -2.53. The minimum atomic E-state index is -0.488. The molecule has 2 saturated heterocycles. The Balaban J connectivity index is 1.30. The van der Waals surface area contributed by atoms with Crippen LogP contribution in [0.5, 0.6) is 0 Å². The first-order valence-electron chi connectivity index (χ1n) is 10.1. The molecule has 0 aliphatic carbocycles. The molecule has 1 N–H and O–H groups in total. The van der Waals surface area contributed by atoms with Gasteiger partial charge in [0.1, 0.15) is 11.7 Å². The van der Waals surface area contributed by atoms with Gasteiger partial charge in [-0.3, -0.25) is 4.79 Å². The molecule has 4 rings (SSSR count). The first-order chi connectivity index (χ1) is 14.0. The van der Waals surface area contributed by atoms with Crippen molar-refractivity contribution in [1.29, 1.82) is 0 Å². The topological polar surface area (TPSA) is 94.4 Å². The van der Waals surface area contributed by atoms with Gasteiger partial charge in [-0.25, -0.2) is 15.0 Å². The van der Waals surface area contributed by atoms with Crippen molar-refractivity contribution < 1.29 is 14.3 Å². The fourth-order valence-electron chi connectivity index (χ4n) is 3.96. The maximum absolute atomic E-state index is 12.5. The maximum atomic E-state index is 12.5. The molecule has 0 radical (unpaired) electrons. The molecule has 2 fully saturated rings. The number of nitrogens with one attached hydrogen (secondary N) is 1. The van der Waals surface area contributed by atoms with E-state index >= 15 is 0 Å². The van der Waals surface area contributed by atoms with Crippen molar-refractivity contribution >= 4 is 11.9 Å². The lowest BCUT2D eigenvalue weighted by molar-refractivity contribution is -0.130. The zero-order valence-corrected chi connectivity index (χ0v) is 17.0. The van der Waals surface area contributed by atoms with E-state index in [0.29, 0.717) is 32.7 Å². The number of nitrogens with zero attached hydrogens (tertiary/aromatic N) is 5. The van der Waals surface area contributed by atoms with E-state index in [-0.39, 0.29) is 5.91 Å². The van der Waals surface area contributed by atoms with Gasteiger partial charge in [-0.05, 0) is 26.3 Å². The van der Waals surface area contributed by atoms with Gasteiger partial charge in [-0.1, -0.05) is 0 Å². The molecule has 0 saturated carbocycles. The highest BCUT2D eigenvalue weighted by molar-refractivity contribution is 5.81. The van der Waals surface area contributed by atoms with Gasteiger partial charge in [0.25, 0.3) is 0 Å². The minimum absolute atomic E-state index is 0.0733. The molecule has 0 bridgehead atoms. The summed E-state index contributed by atoms with van der Waals surface area (Å²) in [5.74, 6) is 0.647. The molecule has 2 aromatic heterocycles. The average Bonchev–Trinajstić information content (AvgIpc) is 3.35. The molecule has 9 nitrogen and oxygen atoms in total. The van der Waals surface area contributed by atoms with Gasteiger partial charge < -0.3 is 24.3 Å². The Hall–Kier alpha value is -2.52. The monoisotopic (exact) mass is 400 g/mol. The highest BCUT2D eigenvalue weighted by atomic mass is 16.6. The van der Waals surface area contributed by atoms with Gasteiger partial charge in [0.15, 0.2) is 0 Å². The van der Waals surface area contributed by atoms with Gasteiger partial charge in [-0.2, -0.15) is 0 Å². The highest BCUT2D eigenvalue weighted by Crippen LogP contribution is 2.32. The summed E-state index contributed by atoms with van der Waals surface area (Å²) in [5.41, 5.74) is 1.41. The maximum Gasteiger partial charge on any atom is 0.249 e. The second-order valence-corrected chi connectivity index (χ2v) is 7.85. The van der Waals surface area contributed by atoms with Crippen LogP contribution < -0.4 is 10.2 Å². The first kappa shape index (κ1) is 19.8. The smallest absolute Gasteiger partial charge is 0.249 e. The molecule has 9 heteroatoms. The van der Waals surface area contributed by atoms with Crippen molar-refractivity contribution in [2.24, 2.45) is 0 Å². The van der Waals surface area contributed by atoms with Crippen molar-refractivity contribution in [2.45, 2.75) is 44.9 Å². The van der Waals surface area contributed by atoms with Gasteiger partial charge >= 0.3 is 0 Å². The third-order valence-electron chi connectivity index (χ3n) is 5.35. The van der Waals surface area contributed by atoms with Crippen LogP contribution >= 0.6 is 0 Å². The predicted molar refractivity (Wildman–Crippen MR) is 107 cm³/mol. The van der Waals surface area contributed by atoms with Crippen molar-refractivity contribution in [2.75, 3.05) is 37.7 Å². The van der Waals surface area contributed by atoms with Crippen molar-refractivity contribution in [3.8, 4) is 0 Å². The zero-order chi connectivity index (χ0) is 20.3. The van der Waals surface area contributed by atoms with Gasteiger partial charge in [0, 0.05) is 49.8 Å². The Morgan fingerprint density at radius 3 is 2.93 bits per heavy atom. The molecule has 0 aromatic carbocycles. The summed E-state index contributed by atoms with van der Waals surface area (Å²) < 4.78 is 13.9. The zero-order valence-electron chi connectivity index (χ0n) is 17.0. The van der Waals surface area contributed by atoms with Crippen LogP contribution in [0.2, 0.25) is 0 Å². The van der Waals surface area contributed by atoms with E-state index < -0.39 is 11.7 Å². The lowest BCUT2D eigenvalue weighted by atomic mass is 9.97. The number of amides is 1. The van der Waals surface area contributed by atoms with Crippen LogP contribution in [0.4, 0.5) is 5.95 Å². The van der Waals surface area contributed by atoms with Crippen LogP contribution in [-0.4, -0.2) is 70.0 Å². The number of carbonyl (C=O) groups excluding carboxylic acids is 1. The number of aryl methyl sites for hydroxylation is 3. The number of anilines is 1. The van der Waals surface area contributed by atoms with E-state index in [1.165, 1.54) is 0 Å². The molecule has 0 unspecified atom stereocenters. The van der Waals surface area contributed by atoms with E-state index in [1.54, 1.807) is 12.5 Å². The van der Waals surface area contributed by atoms with Crippen LogP contribution in [0.15, 0.2) is 24.8 Å². The van der Waals surface area contributed by atoms with E-state index in [1.807, 2.05) is 30.7 Å². The highest BCUT2D eigenvalue weighted by Gasteiger charge is 2.47. The van der Waals surface area contributed by atoms with E-state index in [2.05, 4.69) is 25.2 Å². The molecule has 4 heterocycles. The fourth-order valence-corrected chi connectivity index (χ4v) is 3.96. The number of hydrogen-bond acceptors (Lipinski definition) is 7. The van der Waals surface area contributed by atoms with E-state index in [4.69, 9.17) is 9.47 Å². The van der Waals surface area contributed by atoms with Crippen molar-refractivity contribution in [3.63, 3.8) is 0 Å². The summed E-state index contributed by atoms with van der Waals surface area (Å²) in [5, 5.41) is 2.98. The van der Waals surface area contributed by atoms with Crippen LogP contribution in [0.3, 0.4) is 0 Å². The molecular formula is C20H28N6O3. The second kappa shape index (κ2) is 8.46. The summed E-state index contributed by atoms with van der Waals surface area (Å²) in [6, 6.07) is 1.96. The number of aromatic nitrogens is 4. The fraction of sp³-hybridized carbons (Fsp3) is 0.600. The van der Waals surface area contributed by atoms with Crippen molar-refractivity contribution in [3.05, 3.63) is 36.2 Å². The van der Waals surface area contributed by atoms with Gasteiger partial charge in [-0.15, -0.1) is 0 Å². The Kier molecular flexibility index (Phi) is 5.77. The third-order valence-corrected chi connectivity index (χ3v) is 5.35. The Labute approximate surface area is 170 Å². The van der Waals surface area contributed by atoms with Crippen LogP contribution in [0.1, 0.15) is 24.2 Å². The summed E-state index contributed by atoms with van der Waals surface area (Å²) in [7, 11) is 0. The van der Waals surface area contributed by atoms with Crippen molar-refractivity contribution in [1.82, 2.24) is 24.8 Å². The summed E-state index contributed by atoms with van der Waals surface area (Å²) in [6.45, 7) is 7.70. The molecule has 2 aliphatic heterocycles. The number of morpholine rings is 1. The minimum Gasteiger partial charge on any atom is -0.369 e. The molecule has 1 spiro atoms. The van der Waals surface area contributed by atoms with E-state index in [0.717, 1.165) is 36.8 Å². The third kappa shape index (κ3) is 4.73. The van der Waals surface area contributed by atoms with Gasteiger partial charge in [0.2, 0.25) is 11.9 Å². The molecule has 29 heavy (non-hydrogen) atoms. The molecular weight excluding hydrogens is 372 g/mol. The molecule has 2 aromatic rings. The Bertz CT molecular complexity index is 822. The van der Waals surface area contributed by atoms with Crippen LogP contribution in [0, 0.1) is 13.8 Å². The Morgan fingerprint density at radius 1 is 1.34 bits per heavy atom. The number of ether oxygens (including phenoxy) is 2. The normalized spacial score (nSPS) is 24.2. The first-order valence-corrected chi connectivity index (χ1v) is 10.1. The van der Waals surface area contributed by atoms with Crippen LogP contribution in [-0.2, 0) is 20.8 Å². The largest absolute Gasteiger partial charge is 0.369 e. The lowest BCUT2D eigenvalue weighted by Gasteiger charge is -2.39. The predicted octanol–water partition coefficient (Wildman–Crippen LogP) is 0.861. The second-order valence-electron chi connectivity index (χ2n) is 7.85. The number of carbonyl (C=O) groups is 1. The van der Waals surface area contributed by atoms with Crippen LogP contribution in [0.25, 0.3) is 0 Å². The number of rotatable bonds is 6. The quantitative estimate of drug-likeness (QED) is 0.719. The summed E-state index contributed by atoms with van der Waals surface area (Å²) in [4.78, 5) is 27.8. The van der Waals surface area contributed by atoms with E-state index in [9.17, 15) is 4.79 Å². The standard InChI is InChI=1S/C20H28N6O3/c1-15-10-16(2)24-19(23-15)26-8-9-29-20(12-26)11-17(28-13-20)18(27)22-4-3-6-25-7-5-21-14-25/h5,7,10,14,17H,3-4,6,8-9,11-13H2,1-2H3,(H,22,27)/t17-,20-/m1/s1. The Morgan fingerprint density at radius 2 is 2.17 bits per heavy atom. The SMILES string of the molecule is Cc1cc(C)nc(N2CCO[C@@]3(CO[C@@H](C(=O)NCCCn4ccnc4)C3)C2)n1.